The van der Waals surface area contributed by atoms with Crippen LogP contribution >= 0.6 is 0 Å². The van der Waals surface area contributed by atoms with Gasteiger partial charge in [0.1, 0.15) is 0 Å². The lowest BCUT2D eigenvalue weighted by Gasteiger charge is -2.32. The van der Waals surface area contributed by atoms with Gasteiger partial charge < -0.3 is 11.1 Å². The van der Waals surface area contributed by atoms with E-state index < -0.39 is 0 Å². The van der Waals surface area contributed by atoms with E-state index in [0.717, 1.165) is 25.6 Å². The fourth-order valence-corrected chi connectivity index (χ4v) is 2.84. The van der Waals surface area contributed by atoms with Crippen LogP contribution in [0.15, 0.2) is 0 Å². The summed E-state index contributed by atoms with van der Waals surface area (Å²) in [6.07, 6.45) is 6.93. The number of nitrogens with two attached hydrogens (primary N) is 1. The Bertz CT molecular complexity index is 179. The Morgan fingerprint density at radius 2 is 1.94 bits per heavy atom. The molecule has 0 aliphatic heterocycles. The Morgan fingerprint density at radius 1 is 1.31 bits per heavy atom. The molecule has 0 amide bonds. The van der Waals surface area contributed by atoms with E-state index in [2.05, 4.69) is 26.1 Å². The molecule has 1 fully saturated rings. The summed E-state index contributed by atoms with van der Waals surface area (Å²) in [6, 6.07) is 0. The topological polar surface area (TPSA) is 38.0 Å². The molecule has 1 unspecified atom stereocenters. The van der Waals surface area contributed by atoms with E-state index in [1.165, 1.54) is 32.1 Å². The molecule has 0 spiro atoms. The second-order valence-corrected chi connectivity index (χ2v) is 6.11. The Morgan fingerprint density at radius 3 is 2.44 bits per heavy atom. The molecule has 0 aromatic carbocycles. The first-order valence-electron chi connectivity index (χ1n) is 7.01. The van der Waals surface area contributed by atoms with Crippen LogP contribution in [0.25, 0.3) is 0 Å². The van der Waals surface area contributed by atoms with E-state index in [0.29, 0.717) is 11.3 Å². The number of hydrogen-bond donors (Lipinski definition) is 2. The second-order valence-electron chi connectivity index (χ2n) is 6.11. The van der Waals surface area contributed by atoms with Crippen molar-refractivity contribution in [1.29, 1.82) is 0 Å². The van der Waals surface area contributed by atoms with Crippen molar-refractivity contribution in [2.75, 3.05) is 19.6 Å². The van der Waals surface area contributed by atoms with Crippen LogP contribution in [0.5, 0.6) is 0 Å². The number of nitrogens with one attached hydrogen (secondary N) is 1. The number of hydrogen-bond acceptors (Lipinski definition) is 2. The van der Waals surface area contributed by atoms with Gasteiger partial charge in [-0.1, -0.05) is 40.0 Å². The fraction of sp³-hybridized carbons (Fsp3) is 1.00. The summed E-state index contributed by atoms with van der Waals surface area (Å²) >= 11 is 0. The molecule has 0 bridgehead atoms. The van der Waals surface area contributed by atoms with Crippen LogP contribution in [-0.2, 0) is 0 Å². The van der Waals surface area contributed by atoms with Crippen molar-refractivity contribution in [2.45, 2.75) is 52.9 Å². The Kier molecular flexibility index (Phi) is 5.77. The van der Waals surface area contributed by atoms with E-state index in [1.807, 2.05) is 0 Å². The van der Waals surface area contributed by atoms with Crippen LogP contribution in [0.3, 0.4) is 0 Å². The maximum atomic E-state index is 5.72. The Hall–Kier alpha value is -0.0800. The minimum Gasteiger partial charge on any atom is -0.330 e. The van der Waals surface area contributed by atoms with E-state index in [9.17, 15) is 0 Å². The van der Waals surface area contributed by atoms with Crippen LogP contribution in [0.4, 0.5) is 0 Å². The molecule has 1 saturated carbocycles. The molecule has 1 rings (SSSR count). The number of rotatable bonds is 7. The van der Waals surface area contributed by atoms with Gasteiger partial charge in [0.2, 0.25) is 0 Å². The highest BCUT2D eigenvalue weighted by atomic mass is 14.9. The van der Waals surface area contributed by atoms with Crippen molar-refractivity contribution in [3.05, 3.63) is 0 Å². The van der Waals surface area contributed by atoms with E-state index in [-0.39, 0.29) is 0 Å². The van der Waals surface area contributed by atoms with Gasteiger partial charge in [-0.15, -0.1) is 0 Å². The van der Waals surface area contributed by atoms with Crippen molar-refractivity contribution in [1.82, 2.24) is 5.32 Å². The van der Waals surface area contributed by atoms with Crippen molar-refractivity contribution in [3.63, 3.8) is 0 Å². The predicted molar refractivity (Wildman–Crippen MR) is 71.4 cm³/mol. The van der Waals surface area contributed by atoms with Gasteiger partial charge in [-0.25, -0.2) is 0 Å². The zero-order valence-corrected chi connectivity index (χ0v) is 11.4. The molecule has 16 heavy (non-hydrogen) atoms. The van der Waals surface area contributed by atoms with Crippen LogP contribution in [0.1, 0.15) is 52.9 Å². The predicted octanol–water partition coefficient (Wildman–Crippen LogP) is 2.78. The SMILES string of the molecule is CCC(CN)CNCC(C)(C)C1CCCC1. The summed E-state index contributed by atoms with van der Waals surface area (Å²) in [5, 5.41) is 3.62. The lowest BCUT2D eigenvalue weighted by Crippen LogP contribution is -2.38. The van der Waals surface area contributed by atoms with Gasteiger partial charge in [0.05, 0.1) is 0 Å². The highest BCUT2D eigenvalue weighted by Crippen LogP contribution is 2.38. The second kappa shape index (κ2) is 6.61. The Balaban J connectivity index is 2.24. The summed E-state index contributed by atoms with van der Waals surface area (Å²) in [6.45, 7) is 10.1. The molecule has 96 valence electrons. The lowest BCUT2D eigenvalue weighted by molar-refractivity contribution is 0.204. The summed E-state index contributed by atoms with van der Waals surface area (Å²) in [5.41, 5.74) is 6.18. The van der Waals surface area contributed by atoms with Gasteiger partial charge in [0, 0.05) is 6.54 Å². The molecule has 0 radical (unpaired) electrons. The van der Waals surface area contributed by atoms with Crippen LogP contribution < -0.4 is 11.1 Å². The molecule has 0 aromatic rings. The molecule has 2 nitrogen and oxygen atoms in total. The monoisotopic (exact) mass is 226 g/mol. The van der Waals surface area contributed by atoms with Crippen molar-refractivity contribution >= 4 is 0 Å². The third kappa shape index (κ3) is 4.06. The zero-order chi connectivity index (χ0) is 12.0. The van der Waals surface area contributed by atoms with Crippen molar-refractivity contribution < 1.29 is 0 Å². The van der Waals surface area contributed by atoms with E-state index >= 15 is 0 Å². The van der Waals surface area contributed by atoms with Gasteiger partial charge in [-0.3, -0.25) is 0 Å². The average molecular weight is 226 g/mol. The van der Waals surface area contributed by atoms with Crippen LogP contribution in [0, 0.1) is 17.3 Å². The third-order valence-electron chi connectivity index (χ3n) is 4.38. The van der Waals surface area contributed by atoms with Crippen molar-refractivity contribution in [2.24, 2.45) is 23.0 Å². The molecule has 0 aromatic heterocycles. The summed E-state index contributed by atoms with van der Waals surface area (Å²) in [4.78, 5) is 0. The normalized spacial score (nSPS) is 20.2. The quantitative estimate of drug-likeness (QED) is 0.700. The maximum Gasteiger partial charge on any atom is 0.000529 e. The summed E-state index contributed by atoms with van der Waals surface area (Å²) in [7, 11) is 0. The molecule has 2 heteroatoms. The van der Waals surface area contributed by atoms with Gasteiger partial charge in [0.25, 0.3) is 0 Å². The van der Waals surface area contributed by atoms with Gasteiger partial charge in [-0.2, -0.15) is 0 Å². The highest BCUT2D eigenvalue weighted by Gasteiger charge is 2.31. The summed E-state index contributed by atoms with van der Waals surface area (Å²) in [5.74, 6) is 1.58. The summed E-state index contributed by atoms with van der Waals surface area (Å²) < 4.78 is 0. The van der Waals surface area contributed by atoms with Gasteiger partial charge in [0.15, 0.2) is 0 Å². The highest BCUT2D eigenvalue weighted by molar-refractivity contribution is 4.84. The molecule has 0 heterocycles. The molecule has 1 aliphatic carbocycles. The molecule has 1 atom stereocenters. The first kappa shape index (κ1) is 14.0. The van der Waals surface area contributed by atoms with Crippen molar-refractivity contribution in [3.8, 4) is 0 Å². The van der Waals surface area contributed by atoms with E-state index in [4.69, 9.17) is 5.73 Å². The standard InChI is InChI=1S/C14H30N2/c1-4-12(9-15)10-16-11-14(2,3)13-7-5-6-8-13/h12-13,16H,4-11,15H2,1-3H3. The maximum absolute atomic E-state index is 5.72. The molecular formula is C14H30N2. The van der Waals surface area contributed by atoms with E-state index in [1.54, 1.807) is 0 Å². The largest absolute Gasteiger partial charge is 0.330 e. The molecule has 0 saturated heterocycles. The fourth-order valence-electron chi connectivity index (χ4n) is 2.84. The molecule has 1 aliphatic rings. The first-order valence-corrected chi connectivity index (χ1v) is 7.01. The minimum atomic E-state index is 0.462. The lowest BCUT2D eigenvalue weighted by atomic mass is 9.77. The van der Waals surface area contributed by atoms with Gasteiger partial charge in [-0.05, 0) is 43.2 Å². The third-order valence-corrected chi connectivity index (χ3v) is 4.38. The molecular weight excluding hydrogens is 196 g/mol. The Labute approximate surface area is 101 Å². The minimum absolute atomic E-state index is 0.462. The first-order chi connectivity index (χ1) is 7.60. The smallest absolute Gasteiger partial charge is 0.000529 e. The molecule has 3 N–H and O–H groups in total. The van der Waals surface area contributed by atoms with Crippen LogP contribution in [-0.4, -0.2) is 19.6 Å². The van der Waals surface area contributed by atoms with Crippen LogP contribution in [0.2, 0.25) is 0 Å². The van der Waals surface area contributed by atoms with Gasteiger partial charge >= 0.3 is 0 Å². The average Bonchev–Trinajstić information content (AvgIpc) is 2.78. The zero-order valence-electron chi connectivity index (χ0n) is 11.4.